The Kier molecular flexibility index (Phi) is 4.57. The first-order chi connectivity index (χ1) is 11.9. The van der Waals surface area contributed by atoms with Gasteiger partial charge < -0.3 is 15.2 Å². The summed E-state index contributed by atoms with van der Waals surface area (Å²) in [6.07, 6.45) is 1.72. The number of hydrogen-bond donors (Lipinski definition) is 1. The Hall–Kier alpha value is -3.08. The summed E-state index contributed by atoms with van der Waals surface area (Å²) in [7, 11) is 0. The number of nitrogens with two attached hydrogens (primary N) is 1. The fraction of sp³-hybridized carbons (Fsp3) is 0.200. The highest BCUT2D eigenvalue weighted by atomic mass is 16.5. The van der Waals surface area contributed by atoms with Gasteiger partial charge in [-0.1, -0.05) is 38.1 Å². The van der Waals surface area contributed by atoms with Crippen molar-refractivity contribution in [1.82, 2.24) is 0 Å². The molecule has 0 bridgehead atoms. The molecule has 0 aromatic heterocycles. The summed E-state index contributed by atoms with van der Waals surface area (Å²) >= 11 is 0. The van der Waals surface area contributed by atoms with Gasteiger partial charge in [-0.25, -0.2) is 0 Å². The maximum atomic E-state index is 12.4. The van der Waals surface area contributed by atoms with Crippen LogP contribution in [0.1, 0.15) is 41.3 Å². The molecule has 5 heteroatoms. The van der Waals surface area contributed by atoms with Crippen LogP contribution in [0.2, 0.25) is 0 Å². The van der Waals surface area contributed by atoms with E-state index in [1.807, 2.05) is 24.3 Å². The summed E-state index contributed by atoms with van der Waals surface area (Å²) in [6.45, 7) is 4.04. The lowest BCUT2D eigenvalue weighted by atomic mass is 10.0. The van der Waals surface area contributed by atoms with Gasteiger partial charge in [-0.2, -0.15) is 0 Å². The lowest BCUT2D eigenvalue weighted by molar-refractivity contribution is -0.119. The van der Waals surface area contributed by atoms with Crippen molar-refractivity contribution < 1.29 is 19.1 Å². The predicted molar refractivity (Wildman–Crippen MR) is 94.6 cm³/mol. The minimum Gasteiger partial charge on any atom is -0.484 e. The number of carbonyl (C=O) groups is 2. The Morgan fingerprint density at radius 2 is 1.92 bits per heavy atom. The van der Waals surface area contributed by atoms with E-state index in [9.17, 15) is 9.59 Å². The van der Waals surface area contributed by atoms with E-state index in [2.05, 4.69) is 13.8 Å². The topological polar surface area (TPSA) is 78.6 Å². The first-order valence-corrected chi connectivity index (χ1v) is 8.03. The second-order valence-electron chi connectivity index (χ2n) is 6.17. The molecule has 0 atom stereocenters. The first-order valence-electron chi connectivity index (χ1n) is 8.03. The molecule has 0 fully saturated rings. The third-order valence-electron chi connectivity index (χ3n) is 3.92. The quantitative estimate of drug-likeness (QED) is 0.849. The average molecular weight is 337 g/mol. The molecule has 2 aromatic rings. The number of fused-ring (bicyclic) bond motifs is 1. The van der Waals surface area contributed by atoms with Gasteiger partial charge in [0, 0.05) is 6.07 Å². The number of benzene rings is 2. The molecule has 5 nitrogen and oxygen atoms in total. The van der Waals surface area contributed by atoms with Gasteiger partial charge in [0.2, 0.25) is 5.78 Å². The zero-order chi connectivity index (χ0) is 18.0. The lowest BCUT2D eigenvalue weighted by Crippen LogP contribution is -2.19. The number of primary amides is 1. The number of hydrogen-bond acceptors (Lipinski definition) is 4. The molecule has 1 amide bonds. The molecule has 1 aliphatic heterocycles. The maximum absolute atomic E-state index is 12.4. The van der Waals surface area contributed by atoms with Crippen molar-refractivity contribution in [3.8, 4) is 11.5 Å². The second kappa shape index (κ2) is 6.81. The number of ketones is 1. The van der Waals surface area contributed by atoms with Crippen molar-refractivity contribution >= 4 is 17.8 Å². The van der Waals surface area contributed by atoms with Crippen LogP contribution >= 0.6 is 0 Å². The molecule has 2 N–H and O–H groups in total. The Morgan fingerprint density at radius 3 is 2.56 bits per heavy atom. The zero-order valence-electron chi connectivity index (χ0n) is 14.1. The van der Waals surface area contributed by atoms with Crippen molar-refractivity contribution in [3.63, 3.8) is 0 Å². The Bertz CT molecular complexity index is 850. The third kappa shape index (κ3) is 3.71. The van der Waals surface area contributed by atoms with Gasteiger partial charge >= 0.3 is 0 Å². The molecule has 25 heavy (non-hydrogen) atoms. The highest BCUT2D eigenvalue weighted by Gasteiger charge is 2.27. The molecule has 0 saturated heterocycles. The molecular weight excluding hydrogens is 318 g/mol. The van der Waals surface area contributed by atoms with Crippen LogP contribution in [0.15, 0.2) is 48.2 Å². The van der Waals surface area contributed by atoms with Crippen molar-refractivity contribution in [3.05, 3.63) is 64.9 Å². The van der Waals surface area contributed by atoms with Crippen LogP contribution in [0, 0.1) is 0 Å². The molecule has 0 radical (unpaired) electrons. The Balaban J connectivity index is 1.80. The maximum Gasteiger partial charge on any atom is 0.255 e. The standard InChI is InChI=1S/C20H19NO4/c1-12(2)14-5-3-13(4-6-14)9-18-20(23)16-8-7-15(10-17(16)25-18)24-11-19(21)22/h3-10,12H,11H2,1-2H3,(H2,21,22). The Labute approximate surface area is 146 Å². The normalized spacial score (nSPS) is 14.5. The number of amides is 1. The molecule has 0 unspecified atom stereocenters. The fourth-order valence-electron chi connectivity index (χ4n) is 2.54. The van der Waals surface area contributed by atoms with Gasteiger partial charge in [0.25, 0.3) is 5.91 Å². The van der Waals surface area contributed by atoms with Crippen molar-refractivity contribution in [1.29, 1.82) is 0 Å². The molecule has 0 saturated carbocycles. The fourth-order valence-corrected chi connectivity index (χ4v) is 2.54. The van der Waals surface area contributed by atoms with Crippen molar-refractivity contribution in [2.75, 3.05) is 6.61 Å². The minimum atomic E-state index is -0.567. The van der Waals surface area contributed by atoms with Gasteiger partial charge in [-0.3, -0.25) is 9.59 Å². The van der Waals surface area contributed by atoms with E-state index in [0.717, 1.165) is 5.56 Å². The van der Waals surface area contributed by atoms with Crippen LogP contribution in [0.5, 0.6) is 11.5 Å². The average Bonchev–Trinajstić information content (AvgIpc) is 2.89. The van der Waals surface area contributed by atoms with Gasteiger partial charge in [0.15, 0.2) is 12.4 Å². The molecule has 1 aliphatic rings. The van der Waals surface area contributed by atoms with E-state index in [0.29, 0.717) is 23.0 Å². The molecular formula is C20H19NO4. The predicted octanol–water partition coefficient (Wildman–Crippen LogP) is 3.29. The number of ether oxygens (including phenoxy) is 2. The number of rotatable bonds is 5. The smallest absolute Gasteiger partial charge is 0.255 e. The zero-order valence-corrected chi connectivity index (χ0v) is 14.1. The largest absolute Gasteiger partial charge is 0.484 e. The van der Waals surface area contributed by atoms with E-state index in [-0.39, 0.29) is 18.1 Å². The minimum absolute atomic E-state index is 0.176. The molecule has 0 spiro atoms. The van der Waals surface area contributed by atoms with Gasteiger partial charge in [0.05, 0.1) is 5.56 Å². The number of allylic oxidation sites excluding steroid dienone is 1. The second-order valence-corrected chi connectivity index (χ2v) is 6.17. The highest BCUT2D eigenvalue weighted by molar-refractivity contribution is 6.14. The van der Waals surface area contributed by atoms with Crippen LogP contribution in [-0.4, -0.2) is 18.3 Å². The summed E-state index contributed by atoms with van der Waals surface area (Å²) in [6, 6.07) is 12.8. The first kappa shape index (κ1) is 16.8. The van der Waals surface area contributed by atoms with E-state index in [1.165, 1.54) is 5.56 Å². The van der Waals surface area contributed by atoms with E-state index >= 15 is 0 Å². The molecule has 1 heterocycles. The van der Waals surface area contributed by atoms with Crippen molar-refractivity contribution in [2.24, 2.45) is 5.73 Å². The van der Waals surface area contributed by atoms with Crippen molar-refractivity contribution in [2.45, 2.75) is 19.8 Å². The van der Waals surface area contributed by atoms with Gasteiger partial charge in [-0.05, 0) is 35.3 Å². The molecule has 2 aromatic carbocycles. The number of carbonyl (C=O) groups excluding carboxylic acids is 2. The van der Waals surface area contributed by atoms with Gasteiger partial charge in [-0.15, -0.1) is 0 Å². The van der Waals surface area contributed by atoms with E-state index < -0.39 is 5.91 Å². The van der Waals surface area contributed by atoms with E-state index in [4.69, 9.17) is 15.2 Å². The van der Waals surface area contributed by atoms with Gasteiger partial charge in [0.1, 0.15) is 11.5 Å². The number of Topliss-reactive ketones (excluding diaryl/α,β-unsaturated/α-hetero) is 1. The summed E-state index contributed by atoms with van der Waals surface area (Å²) in [5.74, 6) is 0.811. The summed E-state index contributed by atoms with van der Waals surface area (Å²) in [5.41, 5.74) is 7.65. The van der Waals surface area contributed by atoms with Crippen LogP contribution in [0.4, 0.5) is 0 Å². The summed E-state index contributed by atoms with van der Waals surface area (Å²) in [4.78, 5) is 23.2. The van der Waals surface area contributed by atoms with E-state index in [1.54, 1.807) is 24.3 Å². The monoisotopic (exact) mass is 337 g/mol. The third-order valence-corrected chi connectivity index (χ3v) is 3.92. The summed E-state index contributed by atoms with van der Waals surface area (Å²) < 4.78 is 10.9. The van der Waals surface area contributed by atoms with Crippen LogP contribution < -0.4 is 15.2 Å². The highest BCUT2D eigenvalue weighted by Crippen LogP contribution is 2.35. The van der Waals surface area contributed by atoms with Crippen LogP contribution in [-0.2, 0) is 4.79 Å². The molecule has 128 valence electrons. The SMILES string of the molecule is CC(C)c1ccc(C=C2Oc3cc(OCC(N)=O)ccc3C2=O)cc1. The molecule has 0 aliphatic carbocycles. The van der Waals surface area contributed by atoms with Crippen LogP contribution in [0.3, 0.4) is 0 Å². The summed E-state index contributed by atoms with van der Waals surface area (Å²) in [5, 5.41) is 0. The Morgan fingerprint density at radius 1 is 1.20 bits per heavy atom. The molecule has 3 rings (SSSR count). The lowest BCUT2D eigenvalue weighted by Gasteiger charge is -2.05. The van der Waals surface area contributed by atoms with Crippen LogP contribution in [0.25, 0.3) is 6.08 Å².